The Balaban J connectivity index is 1.79. The Morgan fingerprint density at radius 1 is 1.08 bits per heavy atom. The fourth-order valence-corrected chi connectivity index (χ4v) is 3.77. The number of hydrogen-bond acceptors (Lipinski definition) is 4. The molecule has 3 rings (SSSR count). The number of hydrogen-bond donors (Lipinski definition) is 0. The van der Waals surface area contributed by atoms with E-state index in [1.807, 2.05) is 48.5 Å². The molecule has 1 aliphatic rings. The van der Waals surface area contributed by atoms with Gasteiger partial charge in [-0.05, 0) is 31.7 Å². The summed E-state index contributed by atoms with van der Waals surface area (Å²) < 4.78 is 11.7. The van der Waals surface area contributed by atoms with E-state index >= 15 is 0 Å². The van der Waals surface area contributed by atoms with Gasteiger partial charge < -0.3 is 14.4 Å². The van der Waals surface area contributed by atoms with Crippen LogP contribution in [0.25, 0.3) is 0 Å². The van der Waals surface area contributed by atoms with Crippen molar-refractivity contribution in [3.8, 4) is 5.75 Å². The highest BCUT2D eigenvalue weighted by molar-refractivity contribution is 5.72. The highest BCUT2D eigenvalue weighted by atomic mass is 16.6. The molecule has 26 heavy (non-hydrogen) atoms. The highest BCUT2D eigenvalue weighted by Crippen LogP contribution is 2.42. The van der Waals surface area contributed by atoms with Gasteiger partial charge in [0.25, 0.3) is 0 Å². The third-order valence-corrected chi connectivity index (χ3v) is 5.37. The lowest BCUT2D eigenvalue weighted by Gasteiger charge is -2.48. The van der Waals surface area contributed by atoms with Gasteiger partial charge in [0.1, 0.15) is 11.4 Å². The van der Waals surface area contributed by atoms with Gasteiger partial charge in [-0.1, -0.05) is 55.5 Å². The van der Waals surface area contributed by atoms with Crippen molar-refractivity contribution in [1.29, 1.82) is 0 Å². The molecule has 1 aliphatic heterocycles. The molecule has 1 heterocycles. The molecule has 1 saturated heterocycles. The minimum absolute atomic E-state index is 0.0878. The maximum absolute atomic E-state index is 12.6. The summed E-state index contributed by atoms with van der Waals surface area (Å²) in [5.41, 5.74) is 0.435. The van der Waals surface area contributed by atoms with Gasteiger partial charge in [-0.2, -0.15) is 0 Å². The lowest BCUT2D eigenvalue weighted by Crippen LogP contribution is -2.54. The molecule has 0 spiro atoms. The molecule has 138 valence electrons. The van der Waals surface area contributed by atoms with Crippen molar-refractivity contribution >= 4 is 5.97 Å². The molecule has 4 nitrogen and oxygen atoms in total. The number of esters is 1. The standard InChI is InChI=1S/C22H27NO3/c1-17-15-23(3)18(2)14-22(17,19-10-6-4-7-11-19)26-21(24)16-25-20-12-8-5-9-13-20/h4-13,17-18H,14-16H2,1-3H3. The van der Waals surface area contributed by atoms with Crippen LogP contribution in [0.5, 0.6) is 5.75 Å². The number of para-hydroxylation sites is 1. The van der Waals surface area contributed by atoms with Crippen molar-refractivity contribution in [1.82, 2.24) is 4.90 Å². The molecule has 0 N–H and O–H groups in total. The first-order valence-corrected chi connectivity index (χ1v) is 9.17. The van der Waals surface area contributed by atoms with Crippen LogP contribution in [-0.2, 0) is 15.1 Å². The molecule has 0 aromatic heterocycles. The second-order valence-electron chi connectivity index (χ2n) is 7.23. The molecule has 0 saturated carbocycles. The Kier molecular flexibility index (Phi) is 5.62. The van der Waals surface area contributed by atoms with Crippen LogP contribution in [0.4, 0.5) is 0 Å². The number of piperidine rings is 1. The summed E-state index contributed by atoms with van der Waals surface area (Å²) in [6.07, 6.45) is 0.770. The van der Waals surface area contributed by atoms with E-state index in [0.29, 0.717) is 11.8 Å². The van der Waals surface area contributed by atoms with E-state index in [1.165, 1.54) is 0 Å². The van der Waals surface area contributed by atoms with Gasteiger partial charge in [-0.25, -0.2) is 4.79 Å². The Bertz CT molecular complexity index is 719. The molecule has 0 amide bonds. The normalized spacial score (nSPS) is 26.3. The van der Waals surface area contributed by atoms with Crippen molar-refractivity contribution in [2.45, 2.75) is 31.9 Å². The minimum atomic E-state index is -0.621. The molecule has 2 aromatic rings. The van der Waals surface area contributed by atoms with E-state index in [4.69, 9.17) is 9.47 Å². The Labute approximate surface area is 155 Å². The second-order valence-corrected chi connectivity index (χ2v) is 7.23. The molecule has 1 fully saturated rings. The summed E-state index contributed by atoms with van der Waals surface area (Å²) in [5, 5.41) is 0. The zero-order chi connectivity index (χ0) is 18.6. The SMILES string of the molecule is CC1CC(OC(=O)COc2ccccc2)(c2ccccc2)C(C)CN1C. The van der Waals surface area contributed by atoms with Gasteiger partial charge in [0.2, 0.25) is 0 Å². The lowest BCUT2D eigenvalue weighted by molar-refractivity contribution is -0.180. The quantitative estimate of drug-likeness (QED) is 0.765. The maximum Gasteiger partial charge on any atom is 0.345 e. The first-order chi connectivity index (χ1) is 12.5. The third-order valence-electron chi connectivity index (χ3n) is 5.37. The summed E-state index contributed by atoms with van der Waals surface area (Å²) in [4.78, 5) is 15.0. The molecule has 0 radical (unpaired) electrons. The maximum atomic E-state index is 12.6. The van der Waals surface area contributed by atoms with E-state index < -0.39 is 5.60 Å². The van der Waals surface area contributed by atoms with Crippen LogP contribution in [0.1, 0.15) is 25.8 Å². The van der Waals surface area contributed by atoms with E-state index in [1.54, 1.807) is 0 Å². The number of carbonyl (C=O) groups excluding carboxylic acids is 1. The first kappa shape index (κ1) is 18.5. The van der Waals surface area contributed by atoms with Crippen molar-refractivity contribution in [2.75, 3.05) is 20.2 Å². The van der Waals surface area contributed by atoms with Crippen LogP contribution in [0.3, 0.4) is 0 Å². The van der Waals surface area contributed by atoms with Crippen molar-refractivity contribution < 1.29 is 14.3 Å². The largest absolute Gasteiger partial charge is 0.482 e. The molecule has 0 bridgehead atoms. The molecule has 3 unspecified atom stereocenters. The van der Waals surface area contributed by atoms with Crippen LogP contribution >= 0.6 is 0 Å². The predicted molar refractivity (Wildman–Crippen MR) is 102 cm³/mol. The number of ether oxygens (including phenoxy) is 2. The van der Waals surface area contributed by atoms with Crippen LogP contribution in [0.2, 0.25) is 0 Å². The average molecular weight is 353 g/mol. The highest BCUT2D eigenvalue weighted by Gasteiger charge is 2.47. The molecular formula is C22H27NO3. The summed E-state index contributed by atoms with van der Waals surface area (Å²) in [7, 11) is 2.12. The Morgan fingerprint density at radius 2 is 1.69 bits per heavy atom. The number of benzene rings is 2. The number of nitrogens with zero attached hydrogens (tertiary/aromatic N) is 1. The number of rotatable bonds is 5. The van der Waals surface area contributed by atoms with Gasteiger partial charge in [-0.15, -0.1) is 0 Å². The number of carbonyl (C=O) groups is 1. The Morgan fingerprint density at radius 3 is 2.35 bits per heavy atom. The predicted octanol–water partition coefficient (Wildman–Crippen LogP) is 3.86. The van der Waals surface area contributed by atoms with Crippen LogP contribution in [-0.4, -0.2) is 37.1 Å². The van der Waals surface area contributed by atoms with E-state index in [2.05, 4.69) is 37.9 Å². The average Bonchev–Trinajstić information content (AvgIpc) is 2.66. The molecular weight excluding hydrogens is 326 g/mol. The topological polar surface area (TPSA) is 38.8 Å². The van der Waals surface area contributed by atoms with Gasteiger partial charge in [0, 0.05) is 24.9 Å². The lowest BCUT2D eigenvalue weighted by atomic mass is 9.74. The Hall–Kier alpha value is -2.33. The van der Waals surface area contributed by atoms with E-state index in [-0.39, 0.29) is 18.5 Å². The first-order valence-electron chi connectivity index (χ1n) is 9.17. The van der Waals surface area contributed by atoms with Gasteiger partial charge in [-0.3, -0.25) is 0 Å². The van der Waals surface area contributed by atoms with Crippen LogP contribution < -0.4 is 4.74 Å². The molecule has 4 heteroatoms. The summed E-state index contributed by atoms with van der Waals surface area (Å²) >= 11 is 0. The van der Waals surface area contributed by atoms with Gasteiger partial charge >= 0.3 is 5.97 Å². The third kappa shape index (κ3) is 3.91. The molecule has 2 aromatic carbocycles. The summed E-state index contributed by atoms with van der Waals surface area (Å²) in [6.45, 7) is 5.12. The monoisotopic (exact) mass is 353 g/mol. The molecule has 3 atom stereocenters. The fraction of sp³-hybridized carbons (Fsp3) is 0.409. The van der Waals surface area contributed by atoms with E-state index in [0.717, 1.165) is 18.5 Å². The van der Waals surface area contributed by atoms with Crippen molar-refractivity contribution in [3.05, 3.63) is 66.2 Å². The van der Waals surface area contributed by atoms with Crippen LogP contribution in [0.15, 0.2) is 60.7 Å². The smallest absolute Gasteiger partial charge is 0.345 e. The second kappa shape index (κ2) is 7.92. The van der Waals surface area contributed by atoms with E-state index in [9.17, 15) is 4.79 Å². The summed E-state index contributed by atoms with van der Waals surface area (Å²) in [5.74, 6) is 0.524. The van der Waals surface area contributed by atoms with Gasteiger partial charge in [0.15, 0.2) is 6.61 Å². The zero-order valence-electron chi connectivity index (χ0n) is 15.7. The van der Waals surface area contributed by atoms with Crippen molar-refractivity contribution in [3.63, 3.8) is 0 Å². The number of likely N-dealkylation sites (tertiary alicyclic amines) is 1. The fourth-order valence-electron chi connectivity index (χ4n) is 3.77. The summed E-state index contributed by atoms with van der Waals surface area (Å²) in [6, 6.07) is 19.8. The van der Waals surface area contributed by atoms with Crippen molar-refractivity contribution in [2.24, 2.45) is 5.92 Å². The minimum Gasteiger partial charge on any atom is -0.482 e. The van der Waals surface area contributed by atoms with Crippen LogP contribution in [0, 0.1) is 5.92 Å². The van der Waals surface area contributed by atoms with Gasteiger partial charge in [0.05, 0.1) is 0 Å². The molecule has 0 aliphatic carbocycles. The zero-order valence-corrected chi connectivity index (χ0v) is 15.7.